The summed E-state index contributed by atoms with van der Waals surface area (Å²) in [6, 6.07) is 6.91. The third-order valence-electron chi connectivity index (χ3n) is 4.25. The highest BCUT2D eigenvalue weighted by Gasteiger charge is 2.30. The van der Waals surface area contributed by atoms with E-state index >= 15 is 0 Å². The molecule has 2 amide bonds. The number of nitrogens with one attached hydrogen (secondary N) is 1. The first kappa shape index (κ1) is 20.3. The van der Waals surface area contributed by atoms with E-state index in [-0.39, 0.29) is 12.0 Å². The van der Waals surface area contributed by atoms with Crippen molar-refractivity contribution >= 4 is 23.6 Å². The second kappa shape index (κ2) is 9.09. The molecule has 1 N–H and O–H groups in total. The van der Waals surface area contributed by atoms with Crippen LogP contribution in [-0.2, 0) is 9.53 Å². The lowest BCUT2D eigenvalue weighted by atomic mass is 10.1. The largest absolute Gasteiger partial charge is 0.478 e. The Morgan fingerprint density at radius 3 is 2.35 bits per heavy atom. The highest BCUT2D eigenvalue weighted by atomic mass is 35.5. The second-order valence-corrected chi connectivity index (χ2v) is 7.06. The lowest BCUT2D eigenvalue weighted by Crippen LogP contribution is -2.52. The normalized spacial score (nSPS) is 15.5. The molecule has 2 rings (SSSR count). The average Bonchev–Trinajstić information content (AvgIpc) is 2.63. The van der Waals surface area contributed by atoms with Crippen molar-refractivity contribution in [1.82, 2.24) is 15.1 Å². The summed E-state index contributed by atoms with van der Waals surface area (Å²) in [6.07, 6.45) is -0.293. The van der Waals surface area contributed by atoms with Gasteiger partial charge >= 0.3 is 6.09 Å². The third kappa shape index (κ3) is 5.78. The van der Waals surface area contributed by atoms with E-state index in [2.05, 4.69) is 10.2 Å². The predicted molar refractivity (Wildman–Crippen MR) is 99.6 cm³/mol. The van der Waals surface area contributed by atoms with Crippen LogP contribution in [0.15, 0.2) is 24.3 Å². The quantitative estimate of drug-likeness (QED) is 0.813. The Morgan fingerprint density at radius 1 is 1.15 bits per heavy atom. The molecule has 1 aromatic rings. The zero-order valence-electron chi connectivity index (χ0n) is 15.5. The summed E-state index contributed by atoms with van der Waals surface area (Å²) >= 11 is 5.85. The van der Waals surface area contributed by atoms with Gasteiger partial charge in [-0.25, -0.2) is 4.79 Å². The molecule has 8 heteroatoms. The number of halogens is 1. The number of nitrogens with zero attached hydrogens (tertiary/aromatic N) is 2. The van der Waals surface area contributed by atoms with Crippen LogP contribution in [0.3, 0.4) is 0 Å². The van der Waals surface area contributed by atoms with Crippen molar-refractivity contribution in [2.75, 3.05) is 46.4 Å². The standard InChI is InChI=1S/C18H26ClN3O4/c1-18(2,26-15-6-4-14(19)5-7-15)16(23)20-8-9-21-10-12-22(13-11-21)17(24)25-3/h4-7H,8-13H2,1-3H3,(H,20,23). The van der Waals surface area contributed by atoms with Gasteiger partial charge in [-0.1, -0.05) is 11.6 Å². The molecule has 0 unspecified atom stereocenters. The molecule has 0 aliphatic carbocycles. The zero-order valence-corrected chi connectivity index (χ0v) is 16.2. The highest BCUT2D eigenvalue weighted by molar-refractivity contribution is 6.30. The Bertz CT molecular complexity index is 613. The van der Waals surface area contributed by atoms with Crippen molar-refractivity contribution in [3.63, 3.8) is 0 Å². The first-order valence-electron chi connectivity index (χ1n) is 8.60. The highest BCUT2D eigenvalue weighted by Crippen LogP contribution is 2.21. The number of methoxy groups -OCH3 is 1. The van der Waals surface area contributed by atoms with Crippen molar-refractivity contribution in [3.05, 3.63) is 29.3 Å². The van der Waals surface area contributed by atoms with Gasteiger partial charge in [0.05, 0.1) is 7.11 Å². The van der Waals surface area contributed by atoms with Crippen LogP contribution in [0.5, 0.6) is 5.75 Å². The summed E-state index contributed by atoms with van der Waals surface area (Å²) in [5.74, 6) is 0.411. The third-order valence-corrected chi connectivity index (χ3v) is 4.50. The molecular formula is C18H26ClN3O4. The van der Waals surface area contributed by atoms with E-state index in [1.54, 1.807) is 43.0 Å². The van der Waals surface area contributed by atoms with Crippen LogP contribution in [0.4, 0.5) is 4.79 Å². The van der Waals surface area contributed by atoms with Crippen molar-refractivity contribution in [1.29, 1.82) is 0 Å². The summed E-state index contributed by atoms with van der Waals surface area (Å²) in [6.45, 7) is 7.48. The molecular weight excluding hydrogens is 358 g/mol. The van der Waals surface area contributed by atoms with E-state index in [4.69, 9.17) is 21.1 Å². The van der Waals surface area contributed by atoms with Crippen LogP contribution >= 0.6 is 11.6 Å². The molecule has 1 heterocycles. The topological polar surface area (TPSA) is 71.1 Å². The molecule has 0 bridgehead atoms. The fourth-order valence-electron chi connectivity index (χ4n) is 2.67. The van der Waals surface area contributed by atoms with E-state index in [9.17, 15) is 9.59 Å². The molecule has 0 spiro atoms. The zero-order chi connectivity index (χ0) is 19.2. The van der Waals surface area contributed by atoms with E-state index in [1.807, 2.05) is 0 Å². The number of hydrogen-bond donors (Lipinski definition) is 1. The molecule has 7 nitrogen and oxygen atoms in total. The molecule has 1 aliphatic rings. The molecule has 1 fully saturated rings. The van der Waals surface area contributed by atoms with Gasteiger partial charge in [-0.2, -0.15) is 0 Å². The Balaban J connectivity index is 1.72. The maximum absolute atomic E-state index is 12.4. The van der Waals surface area contributed by atoms with Crippen LogP contribution in [0.2, 0.25) is 5.02 Å². The number of benzene rings is 1. The van der Waals surface area contributed by atoms with Gasteiger partial charge < -0.3 is 19.7 Å². The van der Waals surface area contributed by atoms with Crippen molar-refractivity contribution in [3.8, 4) is 5.75 Å². The minimum Gasteiger partial charge on any atom is -0.478 e. The SMILES string of the molecule is COC(=O)N1CCN(CCNC(=O)C(C)(C)Oc2ccc(Cl)cc2)CC1. The number of carbonyl (C=O) groups is 2. The van der Waals surface area contributed by atoms with Gasteiger partial charge in [0, 0.05) is 44.3 Å². The molecule has 1 aromatic carbocycles. The summed E-state index contributed by atoms with van der Waals surface area (Å²) in [5.41, 5.74) is -0.989. The molecule has 0 aromatic heterocycles. The first-order valence-corrected chi connectivity index (χ1v) is 8.98. The van der Waals surface area contributed by atoms with Crippen LogP contribution in [0.25, 0.3) is 0 Å². The van der Waals surface area contributed by atoms with Crippen molar-refractivity contribution in [2.45, 2.75) is 19.4 Å². The molecule has 0 radical (unpaired) electrons. The number of ether oxygens (including phenoxy) is 2. The van der Waals surface area contributed by atoms with Gasteiger partial charge in [0.25, 0.3) is 5.91 Å². The van der Waals surface area contributed by atoms with E-state index in [0.29, 0.717) is 30.4 Å². The Labute approximate surface area is 159 Å². The molecule has 1 aliphatic heterocycles. The van der Waals surface area contributed by atoms with Gasteiger partial charge in [0.2, 0.25) is 0 Å². The Morgan fingerprint density at radius 2 is 1.77 bits per heavy atom. The van der Waals surface area contributed by atoms with Crippen LogP contribution in [0.1, 0.15) is 13.8 Å². The number of piperazine rings is 1. The number of carbonyl (C=O) groups excluding carboxylic acids is 2. The van der Waals surface area contributed by atoms with E-state index < -0.39 is 5.60 Å². The molecule has 26 heavy (non-hydrogen) atoms. The first-order chi connectivity index (χ1) is 12.3. The minimum atomic E-state index is -0.989. The summed E-state index contributed by atoms with van der Waals surface area (Å²) < 4.78 is 10.5. The number of amides is 2. The van der Waals surface area contributed by atoms with Crippen molar-refractivity contribution in [2.24, 2.45) is 0 Å². The van der Waals surface area contributed by atoms with Crippen LogP contribution < -0.4 is 10.1 Å². The maximum Gasteiger partial charge on any atom is 0.409 e. The van der Waals surface area contributed by atoms with Gasteiger partial charge in [-0.15, -0.1) is 0 Å². The molecule has 1 saturated heterocycles. The smallest absolute Gasteiger partial charge is 0.409 e. The van der Waals surface area contributed by atoms with Gasteiger partial charge in [0.1, 0.15) is 5.75 Å². The average molecular weight is 384 g/mol. The Kier molecular flexibility index (Phi) is 7.11. The summed E-state index contributed by atoms with van der Waals surface area (Å²) in [7, 11) is 1.39. The fourth-order valence-corrected chi connectivity index (χ4v) is 2.79. The fraction of sp³-hybridized carbons (Fsp3) is 0.556. The number of hydrogen-bond acceptors (Lipinski definition) is 5. The van der Waals surface area contributed by atoms with Crippen LogP contribution in [0, 0.1) is 0 Å². The van der Waals surface area contributed by atoms with Gasteiger partial charge in [0.15, 0.2) is 5.60 Å². The monoisotopic (exact) mass is 383 g/mol. The number of rotatable bonds is 6. The van der Waals surface area contributed by atoms with Crippen LogP contribution in [-0.4, -0.2) is 73.8 Å². The summed E-state index contributed by atoms with van der Waals surface area (Å²) in [5, 5.41) is 3.53. The van der Waals surface area contributed by atoms with E-state index in [0.717, 1.165) is 19.6 Å². The molecule has 144 valence electrons. The second-order valence-electron chi connectivity index (χ2n) is 6.62. The lowest BCUT2D eigenvalue weighted by Gasteiger charge is -2.34. The minimum absolute atomic E-state index is 0.180. The summed E-state index contributed by atoms with van der Waals surface area (Å²) in [4.78, 5) is 27.8. The van der Waals surface area contributed by atoms with Gasteiger partial charge in [-0.05, 0) is 38.1 Å². The maximum atomic E-state index is 12.4. The predicted octanol–water partition coefficient (Wildman–Crippen LogP) is 2.00. The lowest BCUT2D eigenvalue weighted by molar-refractivity contribution is -0.134. The van der Waals surface area contributed by atoms with Gasteiger partial charge in [-0.3, -0.25) is 9.69 Å². The Hall–Kier alpha value is -1.99. The van der Waals surface area contributed by atoms with E-state index in [1.165, 1.54) is 7.11 Å². The van der Waals surface area contributed by atoms with Crippen molar-refractivity contribution < 1.29 is 19.1 Å². The molecule has 0 atom stereocenters. The molecule has 0 saturated carbocycles.